The second kappa shape index (κ2) is 6.18. The first-order chi connectivity index (χ1) is 7.27. The van der Waals surface area contributed by atoms with E-state index >= 15 is 0 Å². The van der Waals surface area contributed by atoms with Gasteiger partial charge in [-0.1, -0.05) is 43.1 Å². The topological polar surface area (TPSA) is 32.3 Å². The molecular weight excluding hydrogens is 206 g/mol. The highest BCUT2D eigenvalue weighted by molar-refractivity contribution is 7.80. The molecule has 15 heavy (non-hydrogen) atoms. The second-order valence-corrected chi connectivity index (χ2v) is 3.48. The summed E-state index contributed by atoms with van der Waals surface area (Å²) in [6, 6.07) is 7.45. The van der Waals surface area contributed by atoms with Crippen molar-refractivity contribution in [2.45, 2.75) is 19.8 Å². The van der Waals surface area contributed by atoms with Crippen LogP contribution in [0.4, 0.5) is 0 Å². The van der Waals surface area contributed by atoms with Crippen LogP contribution in [0.3, 0.4) is 0 Å². The molecule has 0 amide bonds. The Morgan fingerprint density at radius 2 is 2.07 bits per heavy atom. The maximum Gasteiger partial charge on any atom is 0.130 e. The van der Waals surface area contributed by atoms with Gasteiger partial charge in [-0.15, -0.1) is 0 Å². The van der Waals surface area contributed by atoms with Crippen LogP contribution in [0.25, 0.3) is 0 Å². The molecule has 0 radical (unpaired) electrons. The van der Waals surface area contributed by atoms with Crippen molar-refractivity contribution < 1.29 is 5.21 Å². The third-order valence-corrected chi connectivity index (χ3v) is 2.18. The fourth-order valence-corrected chi connectivity index (χ4v) is 1.20. The summed E-state index contributed by atoms with van der Waals surface area (Å²) in [6.45, 7) is 2.10. The van der Waals surface area contributed by atoms with Gasteiger partial charge in [0.15, 0.2) is 0 Å². The number of hydrogen-bond donors (Lipinski definition) is 2. The minimum absolute atomic E-state index is 0.322. The van der Waals surface area contributed by atoms with Gasteiger partial charge in [0.25, 0.3) is 0 Å². The molecule has 0 atom stereocenters. The van der Waals surface area contributed by atoms with Gasteiger partial charge in [0.2, 0.25) is 0 Å². The van der Waals surface area contributed by atoms with Crippen LogP contribution in [0.2, 0.25) is 0 Å². The van der Waals surface area contributed by atoms with Crippen molar-refractivity contribution in [3.05, 3.63) is 35.4 Å². The zero-order valence-corrected chi connectivity index (χ0v) is 9.40. The molecule has 0 bridgehead atoms. The fraction of sp³-hybridized carbons (Fsp3) is 0.250. The van der Waals surface area contributed by atoms with Gasteiger partial charge >= 0.3 is 0 Å². The maximum atomic E-state index is 8.61. The number of hydrogen-bond acceptors (Lipinski definition) is 2. The molecule has 2 N–H and O–H groups in total. The summed E-state index contributed by atoms with van der Waals surface area (Å²) in [4.78, 5) is 0.322. The van der Waals surface area contributed by atoms with Gasteiger partial charge in [-0.05, 0) is 18.6 Å². The average Bonchev–Trinajstić information content (AvgIpc) is 2.29. The van der Waals surface area contributed by atoms with E-state index in [0.717, 1.165) is 24.0 Å². The van der Waals surface area contributed by atoms with E-state index < -0.39 is 0 Å². The fourth-order valence-electron chi connectivity index (χ4n) is 1.06. The van der Waals surface area contributed by atoms with Crippen molar-refractivity contribution in [1.29, 1.82) is 0 Å². The summed E-state index contributed by atoms with van der Waals surface area (Å²) in [5.41, 5.74) is 3.70. The van der Waals surface area contributed by atoms with Crippen LogP contribution in [-0.4, -0.2) is 10.2 Å². The molecule has 1 aromatic rings. The van der Waals surface area contributed by atoms with Crippen molar-refractivity contribution in [2.24, 2.45) is 0 Å². The Labute approximate surface area is 95.3 Å². The lowest BCUT2D eigenvalue weighted by atomic mass is 10.1. The van der Waals surface area contributed by atoms with E-state index in [4.69, 9.17) is 17.4 Å². The molecule has 0 aromatic heterocycles. The second-order valence-electron chi connectivity index (χ2n) is 3.07. The Kier molecular flexibility index (Phi) is 4.82. The van der Waals surface area contributed by atoms with Crippen LogP contribution in [0.1, 0.15) is 30.9 Å². The number of thiocarbonyl (C=S) groups is 1. The van der Waals surface area contributed by atoms with E-state index in [1.807, 2.05) is 29.7 Å². The molecule has 0 aliphatic heterocycles. The standard InChI is InChI=1S/C12H13NOS/c1-2-3-4-5-10-6-8-11(9-7-10)12(15)13-14/h6-9,14H,2-3H2,1H3,(H,13,15). The summed E-state index contributed by atoms with van der Waals surface area (Å²) >= 11 is 4.87. The Balaban J connectivity index is 2.73. The summed E-state index contributed by atoms with van der Waals surface area (Å²) in [7, 11) is 0. The Hall–Kier alpha value is -1.37. The van der Waals surface area contributed by atoms with E-state index in [0.29, 0.717) is 4.99 Å². The molecule has 0 fully saturated rings. The number of nitrogens with one attached hydrogen (secondary N) is 1. The van der Waals surface area contributed by atoms with Crippen LogP contribution in [0.5, 0.6) is 0 Å². The lowest BCUT2D eigenvalue weighted by Gasteiger charge is -2.00. The van der Waals surface area contributed by atoms with Gasteiger partial charge in [-0.3, -0.25) is 10.7 Å². The Morgan fingerprint density at radius 3 is 2.60 bits per heavy atom. The SMILES string of the molecule is CCCC#Cc1ccc(C(=S)NO)cc1. The molecule has 0 unspecified atom stereocenters. The highest BCUT2D eigenvalue weighted by Crippen LogP contribution is 2.03. The maximum absolute atomic E-state index is 8.61. The van der Waals surface area contributed by atoms with Crippen LogP contribution < -0.4 is 5.48 Å². The smallest absolute Gasteiger partial charge is 0.130 e. The largest absolute Gasteiger partial charge is 0.290 e. The molecular formula is C12H13NOS. The first kappa shape index (κ1) is 11.7. The first-order valence-electron chi connectivity index (χ1n) is 4.81. The first-order valence-corrected chi connectivity index (χ1v) is 5.22. The molecule has 0 saturated carbocycles. The summed E-state index contributed by atoms with van der Waals surface area (Å²) in [5.74, 6) is 6.12. The lowest BCUT2D eigenvalue weighted by Crippen LogP contribution is -2.16. The Morgan fingerprint density at radius 1 is 1.40 bits per heavy atom. The number of hydroxylamine groups is 1. The molecule has 0 heterocycles. The van der Waals surface area contributed by atoms with Crippen molar-refractivity contribution in [3.63, 3.8) is 0 Å². The van der Waals surface area contributed by atoms with Crippen molar-refractivity contribution in [3.8, 4) is 11.8 Å². The average molecular weight is 219 g/mol. The minimum atomic E-state index is 0.322. The van der Waals surface area contributed by atoms with Crippen LogP contribution in [0, 0.1) is 11.8 Å². The predicted octanol–water partition coefficient (Wildman–Crippen LogP) is 2.49. The highest BCUT2D eigenvalue weighted by Gasteiger charge is 1.97. The van der Waals surface area contributed by atoms with E-state index in [9.17, 15) is 0 Å². The Bertz CT molecular complexity index is 386. The van der Waals surface area contributed by atoms with E-state index in [2.05, 4.69) is 18.8 Å². The van der Waals surface area contributed by atoms with Crippen LogP contribution >= 0.6 is 12.2 Å². The molecule has 0 saturated heterocycles. The zero-order chi connectivity index (χ0) is 11.1. The monoisotopic (exact) mass is 219 g/mol. The van der Waals surface area contributed by atoms with Gasteiger partial charge in [0, 0.05) is 17.5 Å². The summed E-state index contributed by atoms with van der Waals surface area (Å²) in [6.07, 6.45) is 1.99. The van der Waals surface area contributed by atoms with E-state index in [1.165, 1.54) is 0 Å². The van der Waals surface area contributed by atoms with Crippen LogP contribution in [-0.2, 0) is 0 Å². The number of unbranched alkanes of at least 4 members (excludes halogenated alkanes) is 1. The molecule has 1 rings (SSSR count). The van der Waals surface area contributed by atoms with Crippen molar-refractivity contribution in [2.75, 3.05) is 0 Å². The molecule has 0 aliphatic rings. The molecule has 2 nitrogen and oxygen atoms in total. The van der Waals surface area contributed by atoms with E-state index in [1.54, 1.807) is 0 Å². The van der Waals surface area contributed by atoms with Crippen LogP contribution in [0.15, 0.2) is 24.3 Å². The molecule has 1 aromatic carbocycles. The van der Waals surface area contributed by atoms with Crippen molar-refractivity contribution in [1.82, 2.24) is 5.48 Å². The quantitative estimate of drug-likeness (QED) is 0.455. The molecule has 78 valence electrons. The summed E-state index contributed by atoms with van der Waals surface area (Å²) < 4.78 is 0. The van der Waals surface area contributed by atoms with Gasteiger partial charge in [0.1, 0.15) is 4.99 Å². The predicted molar refractivity (Wildman–Crippen MR) is 64.9 cm³/mol. The number of rotatable bonds is 2. The summed E-state index contributed by atoms with van der Waals surface area (Å²) in [5, 5.41) is 8.61. The third-order valence-electron chi connectivity index (χ3n) is 1.86. The highest BCUT2D eigenvalue weighted by atomic mass is 32.1. The minimum Gasteiger partial charge on any atom is -0.290 e. The zero-order valence-electron chi connectivity index (χ0n) is 8.58. The van der Waals surface area contributed by atoms with Crippen molar-refractivity contribution >= 4 is 17.2 Å². The van der Waals surface area contributed by atoms with Gasteiger partial charge in [-0.2, -0.15) is 0 Å². The molecule has 3 heteroatoms. The third kappa shape index (κ3) is 3.70. The van der Waals surface area contributed by atoms with E-state index in [-0.39, 0.29) is 0 Å². The number of benzene rings is 1. The molecule has 0 spiro atoms. The van der Waals surface area contributed by atoms with Gasteiger partial charge in [-0.25, -0.2) is 0 Å². The van der Waals surface area contributed by atoms with Gasteiger partial charge in [0.05, 0.1) is 0 Å². The molecule has 0 aliphatic carbocycles. The van der Waals surface area contributed by atoms with Gasteiger partial charge < -0.3 is 0 Å². The lowest BCUT2D eigenvalue weighted by molar-refractivity contribution is 0.238. The normalized spacial score (nSPS) is 8.93.